The molecule has 1 amide bonds. The highest BCUT2D eigenvalue weighted by Gasteiger charge is 2.34. The number of nitrogens with zero attached hydrogens (tertiary/aromatic N) is 4. The molecule has 31 heavy (non-hydrogen) atoms. The SMILES string of the molecule is CON(C(=O)c1ccncc1)C1CCC(Nc2cccc3nc(C(F)(F)F)cn23)CC1. The molecule has 0 saturated heterocycles. The van der Waals surface area contributed by atoms with Crippen molar-refractivity contribution in [3.63, 3.8) is 0 Å². The summed E-state index contributed by atoms with van der Waals surface area (Å²) in [6.45, 7) is 0. The summed E-state index contributed by atoms with van der Waals surface area (Å²) in [6.07, 6.45) is 2.52. The molecule has 3 heterocycles. The van der Waals surface area contributed by atoms with E-state index in [1.807, 2.05) is 0 Å². The molecule has 10 heteroatoms. The Hall–Kier alpha value is -3.14. The first-order valence-corrected chi connectivity index (χ1v) is 9.96. The molecule has 4 rings (SSSR count). The molecule has 0 atom stereocenters. The summed E-state index contributed by atoms with van der Waals surface area (Å²) < 4.78 is 40.5. The van der Waals surface area contributed by atoms with Crippen LogP contribution in [0.15, 0.2) is 48.9 Å². The minimum Gasteiger partial charge on any atom is -0.368 e. The van der Waals surface area contributed by atoms with Crippen LogP contribution in [0.25, 0.3) is 5.65 Å². The van der Waals surface area contributed by atoms with Gasteiger partial charge in [0.2, 0.25) is 0 Å². The van der Waals surface area contributed by atoms with E-state index in [1.54, 1.807) is 42.7 Å². The molecule has 1 aliphatic rings. The second-order valence-electron chi connectivity index (χ2n) is 7.46. The number of alkyl halides is 3. The summed E-state index contributed by atoms with van der Waals surface area (Å²) in [5.74, 6) is 0.338. The van der Waals surface area contributed by atoms with Gasteiger partial charge in [-0.3, -0.25) is 19.0 Å². The Balaban J connectivity index is 1.42. The first kappa shape index (κ1) is 21.1. The number of hydroxylamine groups is 2. The predicted octanol–water partition coefficient (Wildman–Crippen LogP) is 4.18. The quantitative estimate of drug-likeness (QED) is 0.612. The average Bonchev–Trinajstić information content (AvgIpc) is 3.22. The van der Waals surface area contributed by atoms with E-state index in [0.29, 0.717) is 24.2 Å². The van der Waals surface area contributed by atoms with Crippen molar-refractivity contribution in [1.82, 2.24) is 19.4 Å². The summed E-state index contributed by atoms with van der Waals surface area (Å²) in [5.41, 5.74) is -0.181. The van der Waals surface area contributed by atoms with Gasteiger partial charge in [-0.15, -0.1) is 0 Å². The standard InChI is InChI=1S/C21H22F3N5O2/c1-31-29(20(30)14-9-11-25-12-10-14)16-7-5-15(6-8-16)26-18-3-2-4-19-27-17(13-28(18)19)21(22,23)24/h2-4,9-13,15-16,26H,5-8H2,1H3. The fraction of sp³-hybridized carbons (Fsp3) is 0.381. The summed E-state index contributed by atoms with van der Waals surface area (Å²) in [4.78, 5) is 25.7. The van der Waals surface area contributed by atoms with E-state index in [-0.39, 0.29) is 23.6 Å². The maximum atomic E-state index is 13.0. The van der Waals surface area contributed by atoms with Crippen molar-refractivity contribution in [2.45, 2.75) is 43.9 Å². The van der Waals surface area contributed by atoms with Gasteiger partial charge in [0.25, 0.3) is 5.91 Å². The molecule has 0 unspecified atom stereocenters. The van der Waals surface area contributed by atoms with Crippen molar-refractivity contribution >= 4 is 17.4 Å². The fourth-order valence-electron chi connectivity index (χ4n) is 3.95. The number of pyridine rings is 2. The van der Waals surface area contributed by atoms with Crippen LogP contribution >= 0.6 is 0 Å². The van der Waals surface area contributed by atoms with Gasteiger partial charge in [0.05, 0.1) is 13.2 Å². The molecule has 3 aromatic heterocycles. The molecule has 0 aliphatic heterocycles. The molecule has 1 N–H and O–H groups in total. The molecule has 0 bridgehead atoms. The number of amides is 1. The highest BCUT2D eigenvalue weighted by Crippen LogP contribution is 2.31. The smallest absolute Gasteiger partial charge is 0.368 e. The number of imidazole rings is 1. The topological polar surface area (TPSA) is 71.8 Å². The lowest BCUT2D eigenvalue weighted by atomic mass is 9.90. The third kappa shape index (κ3) is 4.48. The third-order valence-corrected chi connectivity index (χ3v) is 5.49. The van der Waals surface area contributed by atoms with Crippen LogP contribution in [0.3, 0.4) is 0 Å². The van der Waals surface area contributed by atoms with Gasteiger partial charge < -0.3 is 5.32 Å². The first-order chi connectivity index (χ1) is 14.9. The van der Waals surface area contributed by atoms with E-state index in [2.05, 4.69) is 15.3 Å². The van der Waals surface area contributed by atoms with Gasteiger partial charge in [0.15, 0.2) is 5.69 Å². The van der Waals surface area contributed by atoms with Crippen LogP contribution in [0, 0.1) is 0 Å². The molecular formula is C21H22F3N5O2. The number of hydrogen-bond acceptors (Lipinski definition) is 5. The third-order valence-electron chi connectivity index (χ3n) is 5.49. The molecule has 1 fully saturated rings. The second-order valence-corrected chi connectivity index (χ2v) is 7.46. The Labute approximate surface area is 176 Å². The normalized spacial score (nSPS) is 19.4. The minimum atomic E-state index is -4.49. The van der Waals surface area contributed by atoms with Crippen LogP contribution in [0.2, 0.25) is 0 Å². The Morgan fingerprint density at radius 3 is 2.52 bits per heavy atom. The molecular weight excluding hydrogens is 411 g/mol. The zero-order valence-electron chi connectivity index (χ0n) is 16.8. The lowest BCUT2D eigenvalue weighted by Crippen LogP contribution is -2.43. The van der Waals surface area contributed by atoms with E-state index in [1.165, 1.54) is 16.6 Å². The number of halogens is 3. The number of hydrogen-bond donors (Lipinski definition) is 1. The molecule has 3 aromatic rings. The number of carbonyl (C=O) groups excluding carboxylic acids is 1. The van der Waals surface area contributed by atoms with E-state index in [0.717, 1.165) is 19.0 Å². The number of anilines is 1. The number of fused-ring (bicyclic) bond motifs is 1. The molecule has 0 radical (unpaired) electrons. The number of nitrogens with one attached hydrogen (secondary N) is 1. The van der Waals surface area contributed by atoms with Gasteiger partial charge >= 0.3 is 6.18 Å². The van der Waals surface area contributed by atoms with Crippen molar-refractivity contribution < 1.29 is 22.8 Å². The number of rotatable bonds is 5. The van der Waals surface area contributed by atoms with Crippen LogP contribution < -0.4 is 5.32 Å². The highest BCUT2D eigenvalue weighted by molar-refractivity contribution is 5.93. The average molecular weight is 433 g/mol. The fourth-order valence-corrected chi connectivity index (χ4v) is 3.95. The first-order valence-electron chi connectivity index (χ1n) is 9.96. The van der Waals surface area contributed by atoms with Crippen LogP contribution in [0.1, 0.15) is 41.7 Å². The molecule has 0 aromatic carbocycles. The van der Waals surface area contributed by atoms with Crippen molar-refractivity contribution in [3.8, 4) is 0 Å². The van der Waals surface area contributed by atoms with Gasteiger partial charge in [0, 0.05) is 30.2 Å². The van der Waals surface area contributed by atoms with Gasteiger partial charge in [-0.2, -0.15) is 13.2 Å². The van der Waals surface area contributed by atoms with Crippen molar-refractivity contribution in [1.29, 1.82) is 0 Å². The van der Waals surface area contributed by atoms with E-state index >= 15 is 0 Å². The summed E-state index contributed by atoms with van der Waals surface area (Å²) in [7, 11) is 1.47. The van der Waals surface area contributed by atoms with Crippen LogP contribution in [0.4, 0.5) is 19.0 Å². The van der Waals surface area contributed by atoms with Crippen LogP contribution in [-0.4, -0.2) is 44.5 Å². The van der Waals surface area contributed by atoms with Gasteiger partial charge in [-0.05, 0) is 49.9 Å². The maximum absolute atomic E-state index is 13.0. The Morgan fingerprint density at radius 1 is 1.16 bits per heavy atom. The Kier molecular flexibility index (Phi) is 5.81. The molecule has 7 nitrogen and oxygen atoms in total. The minimum absolute atomic E-state index is 0.0633. The molecule has 0 spiro atoms. The second kappa shape index (κ2) is 8.54. The highest BCUT2D eigenvalue weighted by atomic mass is 19.4. The summed E-state index contributed by atoms with van der Waals surface area (Å²) >= 11 is 0. The lowest BCUT2D eigenvalue weighted by Gasteiger charge is -2.35. The number of aromatic nitrogens is 3. The van der Waals surface area contributed by atoms with Crippen molar-refractivity contribution in [2.24, 2.45) is 0 Å². The van der Waals surface area contributed by atoms with E-state index < -0.39 is 11.9 Å². The lowest BCUT2D eigenvalue weighted by molar-refractivity contribution is -0.140. The summed E-state index contributed by atoms with van der Waals surface area (Å²) in [5, 5.41) is 4.73. The van der Waals surface area contributed by atoms with Gasteiger partial charge in [-0.25, -0.2) is 10.0 Å². The van der Waals surface area contributed by atoms with E-state index in [4.69, 9.17) is 4.84 Å². The van der Waals surface area contributed by atoms with Crippen LogP contribution in [-0.2, 0) is 11.0 Å². The predicted molar refractivity (Wildman–Crippen MR) is 107 cm³/mol. The maximum Gasteiger partial charge on any atom is 0.434 e. The zero-order valence-corrected chi connectivity index (χ0v) is 16.8. The summed E-state index contributed by atoms with van der Waals surface area (Å²) in [6, 6.07) is 8.22. The molecule has 1 aliphatic carbocycles. The number of carbonyl (C=O) groups is 1. The monoisotopic (exact) mass is 433 g/mol. The van der Waals surface area contributed by atoms with Gasteiger partial charge in [0.1, 0.15) is 11.5 Å². The Morgan fingerprint density at radius 2 is 1.87 bits per heavy atom. The van der Waals surface area contributed by atoms with Crippen LogP contribution in [0.5, 0.6) is 0 Å². The molecule has 1 saturated carbocycles. The Bertz CT molecular complexity index is 1050. The van der Waals surface area contributed by atoms with Crippen molar-refractivity contribution in [3.05, 3.63) is 60.2 Å². The van der Waals surface area contributed by atoms with Crippen molar-refractivity contribution in [2.75, 3.05) is 12.4 Å². The van der Waals surface area contributed by atoms with E-state index in [9.17, 15) is 18.0 Å². The van der Waals surface area contributed by atoms with Gasteiger partial charge in [-0.1, -0.05) is 6.07 Å². The largest absolute Gasteiger partial charge is 0.434 e. The zero-order chi connectivity index (χ0) is 22.0. The molecule has 164 valence electrons.